The van der Waals surface area contributed by atoms with Crippen LogP contribution < -0.4 is 5.32 Å². The van der Waals surface area contributed by atoms with Crippen LogP contribution in [0.15, 0.2) is 15.2 Å². The minimum Gasteiger partial charge on any atom is -0.313 e. The highest BCUT2D eigenvalue weighted by Crippen LogP contribution is 2.58. The normalized spacial score (nSPS) is 26.1. The first-order valence-corrected chi connectivity index (χ1v) is 6.68. The van der Waals surface area contributed by atoms with Gasteiger partial charge >= 0.3 is 0 Å². The van der Waals surface area contributed by atoms with Crippen molar-refractivity contribution in [2.45, 2.75) is 26.3 Å². The Labute approximate surface area is 98.0 Å². The van der Waals surface area contributed by atoms with Gasteiger partial charge in [-0.15, -0.1) is 0 Å². The molecule has 1 N–H and O–H groups in total. The maximum absolute atomic E-state index is 3.61. The molecule has 1 saturated carbocycles. The fourth-order valence-corrected chi connectivity index (χ4v) is 3.74. The standard InChI is InChI=1S/C11H16BrNS/c1-11(2)4-8(11)10(13-3)7-5-14-6-9(7)12/h5-6,8,10,13H,4H2,1-3H3. The van der Waals surface area contributed by atoms with Crippen LogP contribution in [-0.4, -0.2) is 7.05 Å². The van der Waals surface area contributed by atoms with Gasteiger partial charge in [0.15, 0.2) is 0 Å². The maximum atomic E-state index is 3.61. The summed E-state index contributed by atoms with van der Waals surface area (Å²) in [7, 11) is 2.06. The summed E-state index contributed by atoms with van der Waals surface area (Å²) in [5.41, 5.74) is 1.95. The monoisotopic (exact) mass is 273 g/mol. The third-order valence-electron chi connectivity index (χ3n) is 3.28. The molecule has 1 aliphatic carbocycles. The number of thiophene rings is 1. The Balaban J connectivity index is 2.20. The minimum atomic E-state index is 0.519. The smallest absolute Gasteiger partial charge is 0.0371 e. The number of hydrogen-bond acceptors (Lipinski definition) is 2. The van der Waals surface area contributed by atoms with Crippen LogP contribution in [0.4, 0.5) is 0 Å². The van der Waals surface area contributed by atoms with E-state index in [1.807, 2.05) is 0 Å². The summed E-state index contributed by atoms with van der Waals surface area (Å²) in [6.07, 6.45) is 1.33. The van der Waals surface area contributed by atoms with Gasteiger partial charge in [-0.05, 0) is 51.7 Å². The third kappa shape index (κ3) is 1.77. The van der Waals surface area contributed by atoms with E-state index in [4.69, 9.17) is 0 Å². The number of halogens is 1. The summed E-state index contributed by atoms with van der Waals surface area (Å²) < 4.78 is 1.25. The molecule has 0 spiro atoms. The van der Waals surface area contributed by atoms with Crippen LogP contribution in [0.2, 0.25) is 0 Å². The predicted molar refractivity (Wildman–Crippen MR) is 65.7 cm³/mol. The van der Waals surface area contributed by atoms with Crippen molar-refractivity contribution in [3.05, 3.63) is 20.8 Å². The van der Waals surface area contributed by atoms with E-state index in [2.05, 4.69) is 52.9 Å². The first-order valence-electron chi connectivity index (χ1n) is 4.95. The molecule has 0 saturated heterocycles. The van der Waals surface area contributed by atoms with Gasteiger partial charge in [0, 0.05) is 15.9 Å². The summed E-state index contributed by atoms with van der Waals surface area (Å²) in [5.74, 6) is 0.790. The molecular formula is C11H16BrNS. The second-order valence-electron chi connectivity index (χ2n) is 4.74. The van der Waals surface area contributed by atoms with Crippen molar-refractivity contribution in [1.82, 2.24) is 5.32 Å². The lowest BCUT2D eigenvalue weighted by atomic mass is 9.99. The lowest BCUT2D eigenvalue weighted by Crippen LogP contribution is -2.20. The molecule has 1 heterocycles. The zero-order chi connectivity index (χ0) is 10.3. The quantitative estimate of drug-likeness (QED) is 0.883. The van der Waals surface area contributed by atoms with E-state index < -0.39 is 0 Å². The highest BCUT2D eigenvalue weighted by Gasteiger charge is 2.50. The fourth-order valence-electron chi connectivity index (χ4n) is 2.16. The molecule has 0 bridgehead atoms. The summed E-state index contributed by atoms with van der Waals surface area (Å²) in [4.78, 5) is 0. The van der Waals surface area contributed by atoms with Crippen molar-refractivity contribution in [2.24, 2.45) is 11.3 Å². The highest BCUT2D eigenvalue weighted by molar-refractivity contribution is 9.10. The fraction of sp³-hybridized carbons (Fsp3) is 0.636. The van der Waals surface area contributed by atoms with Crippen LogP contribution >= 0.6 is 27.3 Å². The summed E-state index contributed by atoms with van der Waals surface area (Å²) >= 11 is 5.38. The first kappa shape index (κ1) is 10.7. The van der Waals surface area contributed by atoms with E-state index >= 15 is 0 Å². The van der Waals surface area contributed by atoms with Gasteiger partial charge in [-0.25, -0.2) is 0 Å². The first-order chi connectivity index (χ1) is 6.56. The molecule has 0 aromatic carbocycles. The van der Waals surface area contributed by atoms with E-state index in [0.717, 1.165) is 5.92 Å². The summed E-state index contributed by atoms with van der Waals surface area (Å²) in [6.45, 7) is 4.70. The topological polar surface area (TPSA) is 12.0 Å². The SMILES string of the molecule is CNC(c1cscc1Br)C1CC1(C)C. The Morgan fingerprint density at radius 2 is 2.21 bits per heavy atom. The molecule has 0 radical (unpaired) electrons. The zero-order valence-corrected chi connectivity index (χ0v) is 11.2. The number of rotatable bonds is 3. The van der Waals surface area contributed by atoms with E-state index in [1.54, 1.807) is 11.3 Å². The molecule has 1 nitrogen and oxygen atoms in total. The van der Waals surface area contributed by atoms with E-state index in [1.165, 1.54) is 16.5 Å². The molecule has 14 heavy (non-hydrogen) atoms. The van der Waals surface area contributed by atoms with Crippen molar-refractivity contribution in [3.63, 3.8) is 0 Å². The Kier molecular flexibility index (Phi) is 2.75. The molecular weight excluding hydrogens is 258 g/mol. The van der Waals surface area contributed by atoms with Crippen LogP contribution in [0.5, 0.6) is 0 Å². The van der Waals surface area contributed by atoms with Crippen LogP contribution in [0.1, 0.15) is 31.9 Å². The number of nitrogens with one attached hydrogen (secondary N) is 1. The van der Waals surface area contributed by atoms with Gasteiger partial charge in [-0.3, -0.25) is 0 Å². The van der Waals surface area contributed by atoms with Crippen molar-refractivity contribution in [1.29, 1.82) is 0 Å². The Morgan fingerprint density at radius 3 is 2.57 bits per heavy atom. The van der Waals surface area contributed by atoms with Crippen LogP contribution in [0, 0.1) is 11.3 Å². The molecule has 78 valence electrons. The van der Waals surface area contributed by atoms with Gasteiger partial charge in [0.1, 0.15) is 0 Å². The lowest BCUT2D eigenvalue weighted by Gasteiger charge is -2.17. The molecule has 0 amide bonds. The van der Waals surface area contributed by atoms with Gasteiger partial charge in [0.25, 0.3) is 0 Å². The third-order valence-corrected chi connectivity index (χ3v) is 5.03. The van der Waals surface area contributed by atoms with Crippen molar-refractivity contribution in [2.75, 3.05) is 7.05 Å². The number of hydrogen-bond donors (Lipinski definition) is 1. The molecule has 0 aliphatic heterocycles. The van der Waals surface area contributed by atoms with Crippen LogP contribution in [0.3, 0.4) is 0 Å². The van der Waals surface area contributed by atoms with Crippen LogP contribution in [0.25, 0.3) is 0 Å². The van der Waals surface area contributed by atoms with E-state index in [-0.39, 0.29) is 0 Å². The average Bonchev–Trinajstić information content (AvgIpc) is 2.55. The van der Waals surface area contributed by atoms with Gasteiger partial charge in [0.2, 0.25) is 0 Å². The molecule has 1 aliphatic rings. The molecule has 2 rings (SSSR count). The predicted octanol–water partition coefficient (Wildman–Crippen LogP) is 3.82. The van der Waals surface area contributed by atoms with E-state index in [9.17, 15) is 0 Å². The molecule has 1 fully saturated rings. The van der Waals surface area contributed by atoms with Crippen molar-refractivity contribution in [3.8, 4) is 0 Å². The Hall–Kier alpha value is 0.140. The highest BCUT2D eigenvalue weighted by atomic mass is 79.9. The lowest BCUT2D eigenvalue weighted by molar-refractivity contribution is 0.441. The Bertz CT molecular complexity index is 332. The zero-order valence-electron chi connectivity index (χ0n) is 8.80. The second-order valence-corrected chi connectivity index (χ2v) is 6.34. The molecule has 3 heteroatoms. The summed E-state index contributed by atoms with van der Waals surface area (Å²) in [6, 6.07) is 0.519. The summed E-state index contributed by atoms with van der Waals surface area (Å²) in [5, 5.41) is 7.85. The van der Waals surface area contributed by atoms with Gasteiger partial charge in [-0.2, -0.15) is 11.3 Å². The maximum Gasteiger partial charge on any atom is 0.0371 e. The van der Waals surface area contributed by atoms with Crippen LogP contribution in [-0.2, 0) is 0 Å². The minimum absolute atomic E-state index is 0.519. The van der Waals surface area contributed by atoms with Crippen molar-refractivity contribution >= 4 is 27.3 Å². The molecule has 2 unspecified atom stereocenters. The molecule has 1 aromatic heterocycles. The van der Waals surface area contributed by atoms with Crippen molar-refractivity contribution < 1.29 is 0 Å². The average molecular weight is 274 g/mol. The van der Waals surface area contributed by atoms with Gasteiger partial charge in [-0.1, -0.05) is 13.8 Å². The van der Waals surface area contributed by atoms with Gasteiger partial charge in [0.05, 0.1) is 0 Å². The molecule has 2 atom stereocenters. The second kappa shape index (κ2) is 3.62. The largest absolute Gasteiger partial charge is 0.313 e. The van der Waals surface area contributed by atoms with Gasteiger partial charge < -0.3 is 5.32 Å². The van der Waals surface area contributed by atoms with E-state index in [0.29, 0.717) is 11.5 Å². The Morgan fingerprint density at radius 1 is 1.57 bits per heavy atom. The molecule has 1 aromatic rings.